The Labute approximate surface area is 108 Å². The lowest BCUT2D eigenvalue weighted by Crippen LogP contribution is -2.01. The first kappa shape index (κ1) is 11.0. The van der Waals surface area contributed by atoms with E-state index in [2.05, 4.69) is 16.3 Å². The Kier molecular flexibility index (Phi) is 2.42. The number of nitrogens with zero attached hydrogens (tertiary/aromatic N) is 5. The highest BCUT2D eigenvalue weighted by Crippen LogP contribution is 2.30. The van der Waals surface area contributed by atoms with Crippen LogP contribution in [0.2, 0.25) is 0 Å². The molecule has 0 spiro atoms. The number of fused-ring (bicyclic) bond motifs is 1. The van der Waals surface area contributed by atoms with Crippen LogP contribution in [0.4, 0.5) is 0 Å². The molecule has 0 saturated heterocycles. The summed E-state index contributed by atoms with van der Waals surface area (Å²) in [4.78, 5) is 2.25. The molecule has 0 bridgehead atoms. The quantitative estimate of drug-likeness (QED) is 0.709. The van der Waals surface area contributed by atoms with Gasteiger partial charge >= 0.3 is 0 Å². The molecule has 5 nitrogen and oxygen atoms in total. The van der Waals surface area contributed by atoms with Crippen LogP contribution in [0.3, 0.4) is 0 Å². The summed E-state index contributed by atoms with van der Waals surface area (Å²) < 4.78 is 3.55. The van der Waals surface area contributed by atoms with Crippen LogP contribution in [0.15, 0.2) is 24.8 Å². The summed E-state index contributed by atoms with van der Waals surface area (Å²) in [6.07, 6.45) is 7.53. The largest absolute Gasteiger partial charge is 0.255 e. The van der Waals surface area contributed by atoms with Crippen molar-refractivity contribution < 1.29 is 0 Å². The summed E-state index contributed by atoms with van der Waals surface area (Å²) in [7, 11) is 0. The van der Waals surface area contributed by atoms with E-state index in [4.69, 9.17) is 5.26 Å². The maximum atomic E-state index is 8.86. The van der Waals surface area contributed by atoms with Crippen LogP contribution in [0.25, 0.3) is 15.3 Å². The number of hydrogen-bond acceptors (Lipinski definition) is 4. The van der Waals surface area contributed by atoms with E-state index in [1.807, 2.05) is 37.0 Å². The highest BCUT2D eigenvalue weighted by molar-refractivity contribution is 7.20. The molecule has 0 aliphatic rings. The van der Waals surface area contributed by atoms with E-state index in [1.165, 1.54) is 5.56 Å². The van der Waals surface area contributed by atoms with Gasteiger partial charge in [-0.1, -0.05) is 0 Å². The second kappa shape index (κ2) is 3.96. The minimum Gasteiger partial charge on any atom is -0.255 e. The van der Waals surface area contributed by atoms with E-state index in [9.17, 15) is 0 Å². The molecule has 0 aromatic carbocycles. The molecule has 0 fully saturated rings. The fourth-order valence-electron chi connectivity index (χ4n) is 1.77. The molecule has 0 aliphatic heterocycles. The van der Waals surface area contributed by atoms with Gasteiger partial charge < -0.3 is 0 Å². The van der Waals surface area contributed by atoms with Gasteiger partial charge in [-0.3, -0.25) is 4.68 Å². The van der Waals surface area contributed by atoms with Gasteiger partial charge in [0.2, 0.25) is 0 Å². The molecule has 18 heavy (non-hydrogen) atoms. The maximum Gasteiger partial charge on any atom is 0.135 e. The monoisotopic (exact) mass is 257 g/mol. The number of rotatable bonds is 2. The number of nitriles is 1. The molecule has 3 aromatic heterocycles. The Hall–Kier alpha value is -2.13. The Balaban J connectivity index is 2.04. The summed E-state index contributed by atoms with van der Waals surface area (Å²) in [6, 6.07) is 1.92. The van der Waals surface area contributed by atoms with Crippen molar-refractivity contribution in [3.63, 3.8) is 0 Å². The first-order valence-corrected chi connectivity index (χ1v) is 6.38. The molecular formula is C12H11N5S. The van der Waals surface area contributed by atoms with Crippen molar-refractivity contribution in [2.45, 2.75) is 19.9 Å². The summed E-state index contributed by atoms with van der Waals surface area (Å²) in [5.74, 6) is 0. The predicted octanol–water partition coefficient (Wildman–Crippen LogP) is 2.65. The van der Waals surface area contributed by atoms with Crippen molar-refractivity contribution in [3.05, 3.63) is 30.4 Å². The molecule has 0 amide bonds. The van der Waals surface area contributed by atoms with Gasteiger partial charge in [-0.2, -0.15) is 15.5 Å². The average molecular weight is 257 g/mol. The maximum absolute atomic E-state index is 8.86. The van der Waals surface area contributed by atoms with Crippen molar-refractivity contribution in [2.24, 2.45) is 0 Å². The molecule has 0 N–H and O–H groups in total. The number of aryl methyl sites for hydroxylation is 1. The van der Waals surface area contributed by atoms with Gasteiger partial charge in [-0.25, -0.2) is 4.52 Å². The normalized spacial score (nSPS) is 12.7. The first-order valence-electron chi connectivity index (χ1n) is 5.57. The van der Waals surface area contributed by atoms with Gasteiger partial charge in [-0.05, 0) is 13.8 Å². The summed E-state index contributed by atoms with van der Waals surface area (Å²) >= 11 is 1.68. The fourth-order valence-corrected chi connectivity index (χ4v) is 2.76. The Morgan fingerprint density at radius 1 is 1.33 bits per heavy atom. The number of hydrogen-bond donors (Lipinski definition) is 0. The third-order valence-electron chi connectivity index (χ3n) is 2.84. The van der Waals surface area contributed by atoms with Gasteiger partial charge in [0.1, 0.15) is 10.9 Å². The van der Waals surface area contributed by atoms with Crippen LogP contribution in [-0.2, 0) is 0 Å². The molecular weight excluding hydrogens is 246 g/mol. The van der Waals surface area contributed by atoms with E-state index in [-0.39, 0.29) is 6.04 Å². The van der Waals surface area contributed by atoms with Crippen molar-refractivity contribution >= 4 is 16.2 Å². The second-order valence-corrected chi connectivity index (χ2v) is 5.22. The Bertz CT molecular complexity index is 742. The highest BCUT2D eigenvalue weighted by atomic mass is 32.1. The smallest absolute Gasteiger partial charge is 0.135 e. The zero-order chi connectivity index (χ0) is 12.7. The lowest BCUT2D eigenvalue weighted by molar-refractivity contribution is 0.591. The van der Waals surface area contributed by atoms with Crippen LogP contribution in [-0.4, -0.2) is 19.4 Å². The molecule has 0 aliphatic carbocycles. The molecule has 6 heteroatoms. The number of aromatic nitrogens is 4. The van der Waals surface area contributed by atoms with Crippen LogP contribution in [0, 0.1) is 18.3 Å². The number of thiazole rings is 1. The Morgan fingerprint density at radius 2 is 2.17 bits per heavy atom. The molecule has 0 radical (unpaired) electrons. The van der Waals surface area contributed by atoms with E-state index in [1.54, 1.807) is 22.2 Å². The summed E-state index contributed by atoms with van der Waals surface area (Å²) in [5, 5.41) is 17.3. The van der Waals surface area contributed by atoms with Crippen LogP contribution < -0.4 is 0 Å². The third-order valence-corrected chi connectivity index (χ3v) is 4.10. The van der Waals surface area contributed by atoms with Crippen molar-refractivity contribution in [1.82, 2.24) is 19.4 Å². The molecule has 3 rings (SSSR count). The lowest BCUT2D eigenvalue weighted by Gasteiger charge is -1.99. The van der Waals surface area contributed by atoms with Gasteiger partial charge in [0.15, 0.2) is 0 Å². The molecule has 3 aromatic rings. The zero-order valence-corrected chi connectivity index (χ0v) is 10.8. The van der Waals surface area contributed by atoms with E-state index in [0.717, 1.165) is 15.3 Å². The van der Waals surface area contributed by atoms with E-state index >= 15 is 0 Å². The van der Waals surface area contributed by atoms with Gasteiger partial charge in [0, 0.05) is 23.5 Å². The molecule has 1 atom stereocenters. The van der Waals surface area contributed by atoms with Crippen LogP contribution in [0.5, 0.6) is 0 Å². The Morgan fingerprint density at radius 3 is 2.89 bits per heavy atom. The van der Waals surface area contributed by atoms with Gasteiger partial charge in [0.05, 0.1) is 23.3 Å². The SMILES string of the molecule is Cc1cnn2cc(-c3cnn(C(C)C#N)c3)sc12. The van der Waals surface area contributed by atoms with Gasteiger partial charge in [-0.15, -0.1) is 11.3 Å². The minimum absolute atomic E-state index is 0.246. The zero-order valence-electron chi connectivity index (χ0n) is 10.0. The van der Waals surface area contributed by atoms with Crippen LogP contribution in [0.1, 0.15) is 18.5 Å². The third kappa shape index (κ3) is 1.60. The van der Waals surface area contributed by atoms with Crippen LogP contribution >= 0.6 is 11.3 Å². The fraction of sp³-hybridized carbons (Fsp3) is 0.250. The van der Waals surface area contributed by atoms with Gasteiger partial charge in [0.25, 0.3) is 0 Å². The minimum atomic E-state index is -0.246. The van der Waals surface area contributed by atoms with Crippen molar-refractivity contribution in [3.8, 4) is 16.5 Å². The van der Waals surface area contributed by atoms with E-state index in [0.29, 0.717) is 0 Å². The summed E-state index contributed by atoms with van der Waals surface area (Å²) in [6.45, 7) is 3.87. The predicted molar refractivity (Wildman–Crippen MR) is 69.4 cm³/mol. The second-order valence-electron chi connectivity index (χ2n) is 4.19. The molecule has 1 unspecified atom stereocenters. The topological polar surface area (TPSA) is 58.9 Å². The lowest BCUT2D eigenvalue weighted by atomic mass is 10.3. The first-order chi connectivity index (χ1) is 8.69. The molecule has 3 heterocycles. The van der Waals surface area contributed by atoms with Crippen molar-refractivity contribution in [2.75, 3.05) is 0 Å². The molecule has 90 valence electrons. The van der Waals surface area contributed by atoms with Crippen molar-refractivity contribution in [1.29, 1.82) is 5.26 Å². The average Bonchev–Trinajstić information content (AvgIpc) is 3.05. The molecule has 0 saturated carbocycles. The summed E-state index contributed by atoms with van der Waals surface area (Å²) in [5.41, 5.74) is 2.19. The highest BCUT2D eigenvalue weighted by Gasteiger charge is 2.11. The standard InChI is InChI=1S/C12H11N5S/c1-8-4-14-17-7-11(18-12(8)17)10-5-15-16(6-10)9(2)3-13/h4-7,9H,1-2H3. The van der Waals surface area contributed by atoms with E-state index < -0.39 is 0 Å².